The number of hydrogen-bond donors (Lipinski definition) is 0. The molecule has 4 aromatic rings. The van der Waals surface area contributed by atoms with Gasteiger partial charge in [0.25, 0.3) is 0 Å². The zero-order chi connectivity index (χ0) is 24.4. The van der Waals surface area contributed by atoms with Gasteiger partial charge in [0.2, 0.25) is 5.91 Å². The van der Waals surface area contributed by atoms with Gasteiger partial charge in [0, 0.05) is 56.3 Å². The lowest BCUT2D eigenvalue weighted by molar-refractivity contribution is -0.131. The first-order valence-corrected chi connectivity index (χ1v) is 12.0. The maximum absolute atomic E-state index is 12.9. The number of piperazine rings is 1. The number of ether oxygens (including phenoxy) is 1. The molecule has 1 aliphatic heterocycles. The van der Waals surface area contributed by atoms with Gasteiger partial charge in [-0.3, -0.25) is 4.79 Å². The normalized spacial score (nSPS) is 13.9. The summed E-state index contributed by atoms with van der Waals surface area (Å²) in [6.07, 6.45) is 0.884. The Balaban J connectivity index is 1.22. The lowest BCUT2D eigenvalue weighted by Crippen LogP contribution is -2.48. The lowest BCUT2D eigenvalue weighted by Gasteiger charge is -2.36. The average molecular weight is 471 g/mol. The molecule has 2 aromatic heterocycles. The number of carbonyl (C=O) groups is 1. The van der Waals surface area contributed by atoms with Crippen molar-refractivity contribution in [3.8, 4) is 17.0 Å². The van der Waals surface area contributed by atoms with E-state index in [0.29, 0.717) is 37.4 Å². The summed E-state index contributed by atoms with van der Waals surface area (Å²) in [5, 5.41) is 13.3. The van der Waals surface area contributed by atoms with E-state index in [2.05, 4.69) is 53.2 Å². The molecule has 180 valence electrons. The first-order valence-electron chi connectivity index (χ1n) is 12.0. The highest BCUT2D eigenvalue weighted by molar-refractivity contribution is 5.76. The second-order valence-corrected chi connectivity index (χ2v) is 8.97. The molecule has 35 heavy (non-hydrogen) atoms. The molecule has 1 amide bonds. The van der Waals surface area contributed by atoms with E-state index in [1.54, 1.807) is 11.6 Å². The van der Waals surface area contributed by atoms with Crippen molar-refractivity contribution in [3.05, 3.63) is 71.5 Å². The quantitative estimate of drug-likeness (QED) is 0.428. The van der Waals surface area contributed by atoms with Crippen molar-refractivity contribution in [2.24, 2.45) is 0 Å². The highest BCUT2D eigenvalue weighted by Gasteiger charge is 2.22. The average Bonchev–Trinajstić information content (AvgIpc) is 3.31. The number of benzene rings is 2. The first-order chi connectivity index (χ1) is 17.0. The fraction of sp³-hybridized carbons (Fsp3) is 0.333. The van der Waals surface area contributed by atoms with Gasteiger partial charge < -0.3 is 14.5 Å². The third-order valence-electron chi connectivity index (χ3n) is 6.74. The molecule has 0 bridgehead atoms. The molecule has 0 N–H and O–H groups in total. The van der Waals surface area contributed by atoms with Crippen molar-refractivity contribution in [3.63, 3.8) is 0 Å². The lowest BCUT2D eigenvalue weighted by atomic mass is 10.0. The van der Waals surface area contributed by atoms with Crippen molar-refractivity contribution in [1.82, 2.24) is 24.7 Å². The van der Waals surface area contributed by atoms with E-state index in [-0.39, 0.29) is 5.91 Å². The second kappa shape index (κ2) is 9.74. The second-order valence-electron chi connectivity index (χ2n) is 8.97. The summed E-state index contributed by atoms with van der Waals surface area (Å²) in [6, 6.07) is 18.3. The zero-order valence-electron chi connectivity index (χ0n) is 20.4. The van der Waals surface area contributed by atoms with E-state index >= 15 is 0 Å². The fourth-order valence-electron chi connectivity index (χ4n) is 4.44. The number of anilines is 1. The predicted octanol–water partition coefficient (Wildman–Crippen LogP) is 3.70. The van der Waals surface area contributed by atoms with Crippen LogP contribution in [0.25, 0.3) is 16.9 Å². The number of aromatic nitrogens is 4. The summed E-state index contributed by atoms with van der Waals surface area (Å²) in [4.78, 5) is 17.2. The molecule has 0 atom stereocenters. The maximum Gasteiger partial charge on any atom is 0.223 e. The van der Waals surface area contributed by atoms with E-state index in [4.69, 9.17) is 9.84 Å². The number of aryl methyl sites for hydroxylation is 3. The van der Waals surface area contributed by atoms with Crippen LogP contribution in [0, 0.1) is 13.8 Å². The van der Waals surface area contributed by atoms with E-state index in [1.165, 1.54) is 11.1 Å². The van der Waals surface area contributed by atoms with Crippen molar-refractivity contribution >= 4 is 17.2 Å². The van der Waals surface area contributed by atoms with Crippen LogP contribution in [0.5, 0.6) is 5.75 Å². The number of rotatable bonds is 6. The third kappa shape index (κ3) is 4.82. The summed E-state index contributed by atoms with van der Waals surface area (Å²) in [7, 11) is 1.67. The molecule has 2 aromatic carbocycles. The van der Waals surface area contributed by atoms with Gasteiger partial charge in [0.05, 0.1) is 12.8 Å². The van der Waals surface area contributed by atoms with Crippen molar-refractivity contribution in [2.45, 2.75) is 26.7 Å². The van der Waals surface area contributed by atoms with Crippen LogP contribution in [0.1, 0.15) is 23.4 Å². The van der Waals surface area contributed by atoms with Gasteiger partial charge in [0.15, 0.2) is 11.5 Å². The standard InChI is InChI=1S/C27H30N6O2/c1-19-7-8-21(17-20(19)2)24-9-10-25-28-29-26(33(25)30-24)11-12-27(34)32-15-13-31(14-16-32)22-5-4-6-23(18-22)35-3/h4-10,17-18H,11-16H2,1-3H3. The molecule has 1 saturated heterocycles. The van der Waals surface area contributed by atoms with Crippen molar-refractivity contribution in [1.29, 1.82) is 0 Å². The van der Waals surface area contributed by atoms with E-state index < -0.39 is 0 Å². The molecular weight excluding hydrogens is 440 g/mol. The molecule has 0 aliphatic carbocycles. The number of fused-ring (bicyclic) bond motifs is 1. The first kappa shape index (κ1) is 22.8. The summed E-state index contributed by atoms with van der Waals surface area (Å²) in [6.45, 7) is 7.20. The Morgan fingerprint density at radius 1 is 0.943 bits per heavy atom. The molecule has 5 rings (SSSR count). The van der Waals surface area contributed by atoms with Crippen LogP contribution in [-0.4, -0.2) is 63.9 Å². The number of methoxy groups -OCH3 is 1. The predicted molar refractivity (Wildman–Crippen MR) is 136 cm³/mol. The number of hydrogen-bond acceptors (Lipinski definition) is 6. The minimum absolute atomic E-state index is 0.136. The van der Waals surface area contributed by atoms with Crippen LogP contribution in [0.2, 0.25) is 0 Å². The largest absolute Gasteiger partial charge is 0.497 e. The van der Waals surface area contributed by atoms with Crippen LogP contribution in [0.4, 0.5) is 5.69 Å². The Morgan fingerprint density at radius 2 is 1.77 bits per heavy atom. The Bertz CT molecular complexity index is 1360. The third-order valence-corrected chi connectivity index (χ3v) is 6.74. The van der Waals surface area contributed by atoms with Gasteiger partial charge in [-0.1, -0.05) is 18.2 Å². The van der Waals surface area contributed by atoms with Crippen LogP contribution < -0.4 is 9.64 Å². The highest BCUT2D eigenvalue weighted by atomic mass is 16.5. The Kier molecular flexibility index (Phi) is 6.35. The number of nitrogens with zero attached hydrogens (tertiary/aromatic N) is 6. The van der Waals surface area contributed by atoms with E-state index in [1.807, 2.05) is 35.2 Å². The van der Waals surface area contributed by atoms with Gasteiger partial charge in [-0.25, -0.2) is 0 Å². The van der Waals surface area contributed by atoms with Crippen LogP contribution in [0.3, 0.4) is 0 Å². The van der Waals surface area contributed by atoms with Crippen molar-refractivity contribution < 1.29 is 9.53 Å². The molecule has 0 saturated carbocycles. The molecule has 1 fully saturated rings. The van der Waals surface area contributed by atoms with Gasteiger partial charge >= 0.3 is 0 Å². The van der Waals surface area contributed by atoms with Gasteiger partial charge in [0.1, 0.15) is 5.75 Å². The number of amides is 1. The Labute approximate surface area is 205 Å². The smallest absolute Gasteiger partial charge is 0.223 e. The van der Waals surface area contributed by atoms with E-state index in [0.717, 1.165) is 35.8 Å². The Hall–Kier alpha value is -3.94. The molecule has 8 nitrogen and oxygen atoms in total. The summed E-state index contributed by atoms with van der Waals surface area (Å²) >= 11 is 0. The van der Waals surface area contributed by atoms with Crippen LogP contribution >= 0.6 is 0 Å². The van der Waals surface area contributed by atoms with E-state index in [9.17, 15) is 4.79 Å². The van der Waals surface area contributed by atoms with Gasteiger partial charge in [-0.15, -0.1) is 10.2 Å². The molecular formula is C27H30N6O2. The molecule has 3 heterocycles. The minimum atomic E-state index is 0.136. The maximum atomic E-state index is 12.9. The fourth-order valence-corrected chi connectivity index (χ4v) is 4.44. The topological polar surface area (TPSA) is 75.9 Å². The summed E-state index contributed by atoms with van der Waals surface area (Å²) in [5.41, 5.74) is 6.21. The summed E-state index contributed by atoms with van der Waals surface area (Å²) in [5.74, 6) is 1.68. The van der Waals surface area contributed by atoms with Crippen LogP contribution in [-0.2, 0) is 11.2 Å². The van der Waals surface area contributed by atoms with Crippen LogP contribution in [0.15, 0.2) is 54.6 Å². The highest BCUT2D eigenvalue weighted by Crippen LogP contribution is 2.23. The molecule has 0 spiro atoms. The van der Waals surface area contributed by atoms with Gasteiger partial charge in [-0.05, 0) is 55.3 Å². The molecule has 0 radical (unpaired) electrons. The molecule has 8 heteroatoms. The molecule has 1 aliphatic rings. The van der Waals surface area contributed by atoms with Crippen molar-refractivity contribution in [2.75, 3.05) is 38.2 Å². The SMILES string of the molecule is COc1cccc(N2CCN(C(=O)CCc3nnc4ccc(-c5ccc(C)c(C)c5)nn34)CC2)c1. The zero-order valence-corrected chi connectivity index (χ0v) is 20.4. The minimum Gasteiger partial charge on any atom is -0.497 e. The summed E-state index contributed by atoms with van der Waals surface area (Å²) < 4.78 is 7.10. The number of carbonyl (C=O) groups excluding carboxylic acids is 1. The van der Waals surface area contributed by atoms with Gasteiger partial charge in [-0.2, -0.15) is 9.61 Å². The Morgan fingerprint density at radius 3 is 2.54 bits per heavy atom. The monoisotopic (exact) mass is 470 g/mol. The molecule has 0 unspecified atom stereocenters.